The summed E-state index contributed by atoms with van der Waals surface area (Å²) in [6, 6.07) is 7.48. The number of unbranched alkanes of at least 4 members (excludes halogenated alkanes) is 1. The van der Waals surface area contributed by atoms with Crippen LogP contribution in [0.4, 0.5) is 15.8 Å². The number of pyridine rings is 1. The molecule has 0 unspecified atom stereocenters. The molecular formula is C26H32FN5O4. The number of carbonyl (C=O) groups is 2. The van der Waals surface area contributed by atoms with Crippen LogP contribution >= 0.6 is 0 Å². The zero-order valence-electron chi connectivity index (χ0n) is 21.3. The van der Waals surface area contributed by atoms with Gasteiger partial charge in [0.05, 0.1) is 18.0 Å². The van der Waals surface area contributed by atoms with E-state index >= 15 is 0 Å². The zero-order valence-corrected chi connectivity index (χ0v) is 21.3. The summed E-state index contributed by atoms with van der Waals surface area (Å²) in [7, 11) is 3.65. The number of halogens is 1. The van der Waals surface area contributed by atoms with Crippen molar-refractivity contribution in [2.45, 2.75) is 40.2 Å². The number of nitrogens with zero attached hydrogens (tertiary/aromatic N) is 4. The van der Waals surface area contributed by atoms with Gasteiger partial charge in [-0.15, -0.1) is 0 Å². The molecule has 0 saturated heterocycles. The van der Waals surface area contributed by atoms with Crippen LogP contribution in [-0.2, 0) is 11.3 Å². The molecule has 192 valence electrons. The zero-order chi connectivity index (χ0) is 26.4. The van der Waals surface area contributed by atoms with Crippen LogP contribution in [0.5, 0.6) is 5.75 Å². The van der Waals surface area contributed by atoms with Crippen LogP contribution in [0.25, 0.3) is 5.65 Å². The molecule has 0 fully saturated rings. The van der Waals surface area contributed by atoms with Gasteiger partial charge in [0.15, 0.2) is 11.3 Å². The molecule has 0 atom stereocenters. The second-order valence-corrected chi connectivity index (χ2v) is 8.54. The number of rotatable bonds is 10. The van der Waals surface area contributed by atoms with Crippen LogP contribution in [0.1, 0.15) is 49.7 Å². The van der Waals surface area contributed by atoms with Crippen molar-refractivity contribution < 1.29 is 18.7 Å². The minimum Gasteiger partial charge on any atom is -0.486 e. The lowest BCUT2D eigenvalue weighted by atomic mass is 10.2. The van der Waals surface area contributed by atoms with Crippen molar-refractivity contribution in [2.24, 2.45) is 0 Å². The van der Waals surface area contributed by atoms with E-state index in [2.05, 4.69) is 10.3 Å². The first-order valence-electron chi connectivity index (χ1n) is 11.9. The smallest absolute Gasteiger partial charge is 0.301 e. The number of hydrogen-bond donors (Lipinski definition) is 1. The van der Waals surface area contributed by atoms with E-state index in [1.54, 1.807) is 24.4 Å². The fraction of sp³-hybridized carbons (Fsp3) is 0.385. The molecule has 0 radical (unpaired) electrons. The van der Waals surface area contributed by atoms with Gasteiger partial charge in [-0.05, 0) is 37.1 Å². The molecule has 2 heterocycles. The number of ether oxygens (including phenoxy) is 1. The Morgan fingerprint density at radius 1 is 1.17 bits per heavy atom. The Labute approximate surface area is 209 Å². The maximum absolute atomic E-state index is 13.6. The van der Waals surface area contributed by atoms with Gasteiger partial charge in [-0.25, -0.2) is 9.37 Å². The molecule has 0 aliphatic rings. The predicted molar refractivity (Wildman–Crippen MR) is 137 cm³/mol. The number of carbonyl (C=O) groups excluding carboxylic acids is 2. The van der Waals surface area contributed by atoms with Crippen molar-refractivity contribution in [3.05, 3.63) is 64.0 Å². The summed E-state index contributed by atoms with van der Waals surface area (Å²) >= 11 is 0. The third-order valence-electron chi connectivity index (χ3n) is 5.68. The lowest BCUT2D eigenvalue weighted by Crippen LogP contribution is -2.32. The first-order valence-corrected chi connectivity index (χ1v) is 11.9. The maximum atomic E-state index is 13.6. The Bertz CT molecular complexity index is 1300. The molecule has 36 heavy (non-hydrogen) atoms. The standard InChI is InChI=1S/C26H32FN5O4/c1-6-8-13-36-23-22(25(34)28-15-18-9-11-19(27)12-10-18)29-24-21(31(7-2)17(3)33)14-20(30(4)5)16-32(24)26(23)35/h9-12,14,16H,6-8,13,15H2,1-5H3,(H,28,34). The molecular weight excluding hydrogens is 465 g/mol. The first kappa shape index (κ1) is 26.7. The minimum absolute atomic E-state index is 0.107. The summed E-state index contributed by atoms with van der Waals surface area (Å²) in [5, 5.41) is 2.73. The quantitative estimate of drug-likeness (QED) is 0.432. The summed E-state index contributed by atoms with van der Waals surface area (Å²) in [5.74, 6) is -1.38. The van der Waals surface area contributed by atoms with E-state index in [9.17, 15) is 18.8 Å². The van der Waals surface area contributed by atoms with Gasteiger partial charge in [-0.2, -0.15) is 0 Å². The van der Waals surface area contributed by atoms with E-state index in [-0.39, 0.29) is 42.0 Å². The Morgan fingerprint density at radius 3 is 2.44 bits per heavy atom. The van der Waals surface area contributed by atoms with Crippen LogP contribution in [0, 0.1) is 5.82 Å². The number of amides is 2. The highest BCUT2D eigenvalue weighted by Crippen LogP contribution is 2.27. The lowest BCUT2D eigenvalue weighted by Gasteiger charge is -2.24. The van der Waals surface area contributed by atoms with Gasteiger partial charge in [0.2, 0.25) is 11.7 Å². The van der Waals surface area contributed by atoms with Crippen molar-refractivity contribution in [3.8, 4) is 5.75 Å². The van der Waals surface area contributed by atoms with Crippen molar-refractivity contribution in [2.75, 3.05) is 37.0 Å². The number of hydrogen-bond acceptors (Lipinski definition) is 6. The molecule has 3 aromatic rings. The molecule has 0 aliphatic heterocycles. The van der Waals surface area contributed by atoms with Crippen LogP contribution in [0.2, 0.25) is 0 Å². The van der Waals surface area contributed by atoms with E-state index < -0.39 is 11.5 Å². The monoisotopic (exact) mass is 497 g/mol. The van der Waals surface area contributed by atoms with E-state index in [1.165, 1.54) is 28.4 Å². The minimum atomic E-state index is -0.612. The van der Waals surface area contributed by atoms with Crippen molar-refractivity contribution in [3.63, 3.8) is 0 Å². The van der Waals surface area contributed by atoms with Gasteiger partial charge in [0.1, 0.15) is 5.82 Å². The molecule has 1 N–H and O–H groups in total. The molecule has 2 aromatic heterocycles. The third kappa shape index (κ3) is 5.81. The van der Waals surface area contributed by atoms with E-state index in [0.717, 1.165) is 6.42 Å². The van der Waals surface area contributed by atoms with Gasteiger partial charge >= 0.3 is 5.56 Å². The summed E-state index contributed by atoms with van der Waals surface area (Å²) in [6.07, 6.45) is 3.14. The topological polar surface area (TPSA) is 96.2 Å². The van der Waals surface area contributed by atoms with Crippen molar-refractivity contribution in [1.82, 2.24) is 14.7 Å². The normalized spacial score (nSPS) is 10.8. The average Bonchev–Trinajstić information content (AvgIpc) is 2.85. The molecule has 9 nitrogen and oxygen atoms in total. The number of nitrogens with one attached hydrogen (secondary N) is 1. The Kier molecular flexibility index (Phi) is 8.63. The molecule has 0 saturated carbocycles. The first-order chi connectivity index (χ1) is 17.2. The second kappa shape index (κ2) is 11.7. The Morgan fingerprint density at radius 2 is 1.86 bits per heavy atom. The average molecular weight is 498 g/mol. The predicted octanol–water partition coefficient (Wildman–Crippen LogP) is 3.38. The van der Waals surface area contributed by atoms with Gasteiger partial charge in [-0.1, -0.05) is 25.5 Å². The van der Waals surface area contributed by atoms with Crippen LogP contribution in [-0.4, -0.2) is 48.4 Å². The molecule has 2 amide bonds. The van der Waals surface area contributed by atoms with Crippen molar-refractivity contribution >= 4 is 28.8 Å². The van der Waals surface area contributed by atoms with Gasteiger partial charge in [0, 0.05) is 40.3 Å². The van der Waals surface area contributed by atoms with Crippen LogP contribution in [0.15, 0.2) is 41.3 Å². The van der Waals surface area contributed by atoms with Crippen LogP contribution < -0.4 is 25.4 Å². The van der Waals surface area contributed by atoms with Crippen molar-refractivity contribution in [1.29, 1.82) is 0 Å². The van der Waals surface area contributed by atoms with Gasteiger partial charge in [0.25, 0.3) is 5.91 Å². The third-order valence-corrected chi connectivity index (χ3v) is 5.68. The van der Waals surface area contributed by atoms with Crippen LogP contribution in [0.3, 0.4) is 0 Å². The SMILES string of the molecule is CCCCOc1c(C(=O)NCc2ccc(F)cc2)nc2c(N(CC)C(C)=O)cc(N(C)C)cn2c1=O. The highest BCUT2D eigenvalue weighted by atomic mass is 19.1. The number of anilines is 2. The summed E-state index contributed by atoms with van der Waals surface area (Å²) < 4.78 is 20.3. The van der Waals surface area contributed by atoms with E-state index in [1.807, 2.05) is 32.8 Å². The molecule has 0 aliphatic carbocycles. The highest BCUT2D eigenvalue weighted by molar-refractivity contribution is 5.98. The van der Waals surface area contributed by atoms with Gasteiger partial charge in [-0.3, -0.25) is 18.8 Å². The Hall–Kier alpha value is -3.95. The van der Waals surface area contributed by atoms with Gasteiger partial charge < -0.3 is 19.9 Å². The summed E-state index contributed by atoms with van der Waals surface area (Å²) in [4.78, 5) is 47.1. The molecule has 10 heteroatoms. The molecule has 1 aromatic carbocycles. The molecule has 0 spiro atoms. The largest absolute Gasteiger partial charge is 0.486 e. The Balaban J connectivity index is 2.18. The lowest BCUT2D eigenvalue weighted by molar-refractivity contribution is -0.116. The second-order valence-electron chi connectivity index (χ2n) is 8.54. The van der Waals surface area contributed by atoms with E-state index in [0.29, 0.717) is 29.9 Å². The number of benzene rings is 1. The molecule has 3 rings (SSSR count). The maximum Gasteiger partial charge on any atom is 0.301 e. The summed E-state index contributed by atoms with van der Waals surface area (Å²) in [5.41, 5.74) is 1.21. The van der Waals surface area contributed by atoms with E-state index in [4.69, 9.17) is 4.74 Å². The number of aromatic nitrogens is 2. The fourth-order valence-electron chi connectivity index (χ4n) is 3.67. The highest BCUT2D eigenvalue weighted by Gasteiger charge is 2.25. The molecule has 0 bridgehead atoms. The fourth-order valence-corrected chi connectivity index (χ4v) is 3.67. The number of fused-ring (bicyclic) bond motifs is 1. The summed E-state index contributed by atoms with van der Waals surface area (Å²) in [6.45, 7) is 5.93.